The highest BCUT2D eigenvalue weighted by Crippen LogP contribution is 2.15. The minimum atomic E-state index is -1.10. The van der Waals surface area contributed by atoms with E-state index in [1.165, 1.54) is 135 Å². The van der Waals surface area contributed by atoms with Crippen molar-refractivity contribution >= 4 is 5.91 Å². The van der Waals surface area contributed by atoms with E-state index in [1.807, 2.05) is 6.08 Å². The minimum absolute atomic E-state index is 0.374. The zero-order valence-corrected chi connectivity index (χ0v) is 29.3. The largest absolute Gasteiger partial charge is 0.394 e. The molecule has 0 saturated heterocycles. The Bertz CT molecular complexity index is 650. The van der Waals surface area contributed by atoms with Crippen molar-refractivity contribution in [3.8, 4) is 0 Å². The molecule has 44 heavy (non-hydrogen) atoms. The van der Waals surface area contributed by atoms with Gasteiger partial charge in [0.1, 0.15) is 6.10 Å². The number of carbonyl (C=O) groups is 1. The molecule has 3 atom stereocenters. The van der Waals surface area contributed by atoms with Crippen molar-refractivity contribution in [2.75, 3.05) is 6.61 Å². The van der Waals surface area contributed by atoms with E-state index >= 15 is 0 Å². The second-order valence-electron chi connectivity index (χ2n) is 13.1. The number of amides is 1. The van der Waals surface area contributed by atoms with Crippen LogP contribution in [0, 0.1) is 0 Å². The number of rotatable bonds is 34. The predicted octanol–water partition coefficient (Wildman–Crippen LogP) is 10.3. The Hall–Kier alpha value is -1.17. The molecular formula is C39H75NO4. The maximum Gasteiger partial charge on any atom is 0.249 e. The summed E-state index contributed by atoms with van der Waals surface area (Å²) in [6, 6.07) is -0.808. The molecule has 0 rings (SSSR count). The van der Waals surface area contributed by atoms with Gasteiger partial charge in [-0.05, 0) is 32.1 Å². The summed E-state index contributed by atoms with van der Waals surface area (Å²) in [5, 5.41) is 32.9. The molecule has 3 unspecified atom stereocenters. The molecule has 0 heterocycles. The molecule has 0 fully saturated rings. The first-order chi connectivity index (χ1) is 21.6. The van der Waals surface area contributed by atoms with Crippen LogP contribution in [-0.4, -0.2) is 46.1 Å². The van der Waals surface area contributed by atoms with Gasteiger partial charge in [0.25, 0.3) is 0 Å². The number of carbonyl (C=O) groups excluding carboxylic acids is 1. The summed E-state index contributed by atoms with van der Waals surface area (Å²) in [5.74, 6) is -0.514. The molecule has 0 radical (unpaired) electrons. The van der Waals surface area contributed by atoms with Crippen molar-refractivity contribution in [3.05, 3.63) is 24.3 Å². The summed E-state index contributed by atoms with van der Waals surface area (Å²) in [6.07, 6.45) is 40.6. The fraction of sp³-hybridized carbons (Fsp3) is 0.872. The van der Waals surface area contributed by atoms with Crippen molar-refractivity contribution in [3.63, 3.8) is 0 Å². The second kappa shape index (κ2) is 34.7. The molecule has 0 saturated carbocycles. The number of aliphatic hydroxyl groups is 3. The van der Waals surface area contributed by atoms with Crippen LogP contribution in [0.2, 0.25) is 0 Å². The van der Waals surface area contributed by atoms with Gasteiger partial charge < -0.3 is 20.6 Å². The van der Waals surface area contributed by atoms with E-state index in [2.05, 4.69) is 31.3 Å². The SMILES string of the molecule is CCCCCC/C=C/CC/C=C/C(O)C(CO)NC(=O)C(O)CCCCCCCCCCCCCCCCCCCCCC. The fourth-order valence-electron chi connectivity index (χ4n) is 5.73. The predicted molar refractivity (Wildman–Crippen MR) is 190 cm³/mol. The average Bonchev–Trinajstić information content (AvgIpc) is 3.03. The zero-order valence-electron chi connectivity index (χ0n) is 29.3. The summed E-state index contributed by atoms with van der Waals surface area (Å²) in [6.45, 7) is 4.13. The van der Waals surface area contributed by atoms with Gasteiger partial charge in [0, 0.05) is 0 Å². The number of allylic oxidation sites excluding steroid dienone is 3. The summed E-state index contributed by atoms with van der Waals surface area (Å²) in [7, 11) is 0. The molecule has 5 heteroatoms. The summed E-state index contributed by atoms with van der Waals surface area (Å²) in [4.78, 5) is 12.4. The van der Waals surface area contributed by atoms with Gasteiger partial charge in [-0.1, -0.05) is 186 Å². The van der Waals surface area contributed by atoms with Crippen LogP contribution in [-0.2, 0) is 4.79 Å². The van der Waals surface area contributed by atoms with Crippen LogP contribution >= 0.6 is 0 Å². The van der Waals surface area contributed by atoms with E-state index in [1.54, 1.807) is 6.08 Å². The molecule has 0 aliphatic rings. The molecule has 4 N–H and O–H groups in total. The molecule has 0 aromatic heterocycles. The maximum absolute atomic E-state index is 12.4. The van der Waals surface area contributed by atoms with Gasteiger partial charge in [-0.25, -0.2) is 0 Å². The van der Waals surface area contributed by atoms with Crippen molar-refractivity contribution in [2.45, 2.75) is 212 Å². The molecule has 0 aromatic rings. The third kappa shape index (κ3) is 29.5. The van der Waals surface area contributed by atoms with Crippen LogP contribution in [0.25, 0.3) is 0 Å². The van der Waals surface area contributed by atoms with E-state index in [9.17, 15) is 20.1 Å². The Kier molecular flexibility index (Phi) is 33.8. The van der Waals surface area contributed by atoms with E-state index < -0.39 is 24.2 Å². The summed E-state index contributed by atoms with van der Waals surface area (Å²) < 4.78 is 0. The number of nitrogens with one attached hydrogen (secondary N) is 1. The Morgan fingerprint density at radius 1 is 0.545 bits per heavy atom. The van der Waals surface area contributed by atoms with Crippen LogP contribution in [0.15, 0.2) is 24.3 Å². The molecule has 260 valence electrons. The lowest BCUT2D eigenvalue weighted by molar-refractivity contribution is -0.131. The van der Waals surface area contributed by atoms with Gasteiger partial charge in [0.15, 0.2) is 0 Å². The highest BCUT2D eigenvalue weighted by atomic mass is 16.3. The summed E-state index contributed by atoms with van der Waals surface area (Å²) >= 11 is 0. The molecule has 0 aromatic carbocycles. The number of aliphatic hydroxyl groups excluding tert-OH is 3. The molecule has 0 aliphatic carbocycles. The van der Waals surface area contributed by atoms with Gasteiger partial charge in [-0.3, -0.25) is 4.79 Å². The third-order valence-corrected chi connectivity index (χ3v) is 8.79. The lowest BCUT2D eigenvalue weighted by atomic mass is 10.0. The zero-order chi connectivity index (χ0) is 32.4. The van der Waals surface area contributed by atoms with Crippen LogP contribution in [0.1, 0.15) is 194 Å². The number of hydrogen-bond acceptors (Lipinski definition) is 4. The van der Waals surface area contributed by atoms with Gasteiger partial charge in [0.05, 0.1) is 18.8 Å². The lowest BCUT2D eigenvalue weighted by Gasteiger charge is -2.21. The quantitative estimate of drug-likeness (QED) is 0.0425. The standard InChI is InChI=1S/C39H75NO4/c1-3-5-7-9-11-13-15-16-17-18-19-20-21-22-23-24-26-28-30-32-34-38(43)39(44)40-36(35-41)37(42)33-31-29-27-25-14-12-10-8-6-4-2/h14,25,31,33,36-38,41-43H,3-13,15-24,26-30,32,34-35H2,1-2H3,(H,40,44)/b25-14+,33-31+. The summed E-state index contributed by atoms with van der Waals surface area (Å²) in [5.41, 5.74) is 0. The Balaban J connectivity index is 3.66. The van der Waals surface area contributed by atoms with Gasteiger partial charge in [-0.15, -0.1) is 0 Å². The fourth-order valence-corrected chi connectivity index (χ4v) is 5.73. The van der Waals surface area contributed by atoms with E-state index in [-0.39, 0.29) is 6.61 Å². The smallest absolute Gasteiger partial charge is 0.249 e. The number of hydrogen-bond donors (Lipinski definition) is 4. The minimum Gasteiger partial charge on any atom is -0.394 e. The number of unbranched alkanes of at least 4 members (excludes halogenated alkanes) is 24. The van der Waals surface area contributed by atoms with Gasteiger partial charge in [0.2, 0.25) is 5.91 Å². The van der Waals surface area contributed by atoms with Crippen molar-refractivity contribution in [1.29, 1.82) is 0 Å². The van der Waals surface area contributed by atoms with Crippen molar-refractivity contribution in [1.82, 2.24) is 5.32 Å². The van der Waals surface area contributed by atoms with Crippen LogP contribution in [0.5, 0.6) is 0 Å². The topological polar surface area (TPSA) is 89.8 Å². The van der Waals surface area contributed by atoms with Crippen LogP contribution in [0.3, 0.4) is 0 Å². The van der Waals surface area contributed by atoms with E-state index in [0.717, 1.165) is 38.5 Å². The molecule has 0 aliphatic heterocycles. The first-order valence-electron chi connectivity index (χ1n) is 19.2. The van der Waals surface area contributed by atoms with E-state index in [4.69, 9.17) is 0 Å². The van der Waals surface area contributed by atoms with Crippen LogP contribution < -0.4 is 5.32 Å². The molecule has 0 bridgehead atoms. The average molecular weight is 622 g/mol. The maximum atomic E-state index is 12.4. The van der Waals surface area contributed by atoms with Gasteiger partial charge >= 0.3 is 0 Å². The third-order valence-electron chi connectivity index (χ3n) is 8.79. The molecule has 1 amide bonds. The molecular weight excluding hydrogens is 546 g/mol. The Morgan fingerprint density at radius 2 is 0.932 bits per heavy atom. The van der Waals surface area contributed by atoms with E-state index in [0.29, 0.717) is 6.42 Å². The van der Waals surface area contributed by atoms with Crippen LogP contribution in [0.4, 0.5) is 0 Å². The first-order valence-corrected chi connectivity index (χ1v) is 19.2. The monoisotopic (exact) mass is 622 g/mol. The van der Waals surface area contributed by atoms with Crippen molar-refractivity contribution < 1.29 is 20.1 Å². The van der Waals surface area contributed by atoms with Gasteiger partial charge in [-0.2, -0.15) is 0 Å². The normalized spacial score (nSPS) is 14.0. The highest BCUT2D eigenvalue weighted by molar-refractivity contribution is 5.80. The Labute approximate surface area is 273 Å². The molecule has 5 nitrogen and oxygen atoms in total. The lowest BCUT2D eigenvalue weighted by Crippen LogP contribution is -2.48. The van der Waals surface area contributed by atoms with Crippen molar-refractivity contribution in [2.24, 2.45) is 0 Å². The molecule has 0 spiro atoms. The Morgan fingerprint density at radius 3 is 1.39 bits per heavy atom. The first kappa shape index (κ1) is 42.8. The highest BCUT2D eigenvalue weighted by Gasteiger charge is 2.22. The second-order valence-corrected chi connectivity index (χ2v) is 13.1.